The number of piperidine rings is 2. The molecule has 10 heteroatoms. The molecule has 0 unspecified atom stereocenters. The number of aryl methyl sites for hydroxylation is 1. The Balaban J connectivity index is 1.15. The maximum atomic E-state index is 12.4. The molecule has 3 atom stereocenters. The topological polar surface area (TPSA) is 102 Å². The fourth-order valence-electron chi connectivity index (χ4n) is 6.22. The number of nitrogens with zero attached hydrogens (tertiary/aromatic N) is 7. The van der Waals surface area contributed by atoms with Gasteiger partial charge in [0.2, 0.25) is 5.91 Å². The number of aromatic nitrogens is 6. The molecule has 1 amide bonds. The molecule has 10 nitrogen and oxygen atoms in total. The molecule has 2 saturated heterocycles. The highest BCUT2D eigenvalue weighted by Gasteiger charge is 2.43. The SMILES string of the molecule is C=CC(=O)N1C[C@H]2CC[C@@H]1C[C@H]2c1ccn2ncnc(Nc3ccc(Oc4ccn5ncnc5c4)c(C)c3)c12. The molecule has 39 heavy (non-hydrogen) atoms. The molecule has 4 aromatic heterocycles. The summed E-state index contributed by atoms with van der Waals surface area (Å²) in [5.74, 6) is 3.03. The molecular weight excluding hydrogens is 492 g/mol. The number of carbonyl (C=O) groups is 1. The van der Waals surface area contributed by atoms with Crippen LogP contribution in [0.25, 0.3) is 11.2 Å². The number of fused-ring (bicyclic) bond motifs is 5. The summed E-state index contributed by atoms with van der Waals surface area (Å²) in [5.41, 5.74) is 4.84. The van der Waals surface area contributed by atoms with Crippen molar-refractivity contribution in [3.8, 4) is 11.5 Å². The zero-order valence-corrected chi connectivity index (χ0v) is 21.6. The lowest BCUT2D eigenvalue weighted by molar-refractivity contribution is -0.133. The highest BCUT2D eigenvalue weighted by atomic mass is 16.5. The summed E-state index contributed by atoms with van der Waals surface area (Å²) in [5, 5.41) is 12.1. The normalized spacial score (nSPS) is 20.4. The van der Waals surface area contributed by atoms with Crippen LogP contribution in [0, 0.1) is 12.8 Å². The zero-order valence-electron chi connectivity index (χ0n) is 21.6. The molecule has 8 rings (SSSR count). The van der Waals surface area contributed by atoms with E-state index in [4.69, 9.17) is 4.74 Å². The van der Waals surface area contributed by atoms with Crippen LogP contribution in [-0.4, -0.2) is 52.6 Å². The third kappa shape index (κ3) is 4.08. The minimum atomic E-state index is 0.0393. The van der Waals surface area contributed by atoms with Crippen molar-refractivity contribution in [3.05, 3.63) is 85.2 Å². The molecule has 0 radical (unpaired) electrons. The summed E-state index contributed by atoms with van der Waals surface area (Å²) < 4.78 is 9.73. The number of benzene rings is 1. The lowest BCUT2D eigenvalue weighted by Crippen LogP contribution is -2.53. The zero-order chi connectivity index (χ0) is 26.5. The van der Waals surface area contributed by atoms with Crippen LogP contribution in [0.15, 0.2) is 74.1 Å². The van der Waals surface area contributed by atoms with Crippen molar-refractivity contribution in [1.82, 2.24) is 34.1 Å². The van der Waals surface area contributed by atoms with Gasteiger partial charge in [-0.3, -0.25) is 4.79 Å². The fourth-order valence-corrected chi connectivity index (χ4v) is 6.22. The van der Waals surface area contributed by atoms with Crippen LogP contribution < -0.4 is 10.1 Å². The van der Waals surface area contributed by atoms with Gasteiger partial charge in [-0.25, -0.2) is 19.0 Å². The van der Waals surface area contributed by atoms with E-state index in [1.165, 1.54) is 18.0 Å². The van der Waals surface area contributed by atoms with Crippen LogP contribution in [0.1, 0.15) is 36.3 Å². The Bertz CT molecular complexity index is 1720. The fraction of sp³-hybridized carbons (Fsp3) is 0.276. The minimum Gasteiger partial charge on any atom is -0.457 e. The summed E-state index contributed by atoms with van der Waals surface area (Å²) in [4.78, 5) is 23.2. The van der Waals surface area contributed by atoms with Gasteiger partial charge < -0.3 is 15.0 Å². The maximum Gasteiger partial charge on any atom is 0.246 e. The Labute approximate surface area is 224 Å². The second kappa shape index (κ2) is 9.23. The third-order valence-corrected chi connectivity index (χ3v) is 8.10. The van der Waals surface area contributed by atoms with Gasteiger partial charge in [0.1, 0.15) is 29.7 Å². The Morgan fingerprint density at radius 1 is 1.08 bits per heavy atom. The Kier molecular flexibility index (Phi) is 5.54. The first-order valence-electron chi connectivity index (χ1n) is 13.2. The lowest BCUT2D eigenvalue weighted by atomic mass is 9.69. The molecular formula is C29H28N8O2. The van der Waals surface area contributed by atoms with E-state index in [9.17, 15) is 4.79 Å². The molecule has 1 aromatic carbocycles. The third-order valence-electron chi connectivity index (χ3n) is 8.10. The predicted octanol–water partition coefficient (Wildman–Crippen LogP) is 4.90. The van der Waals surface area contributed by atoms with Crippen molar-refractivity contribution < 1.29 is 9.53 Å². The van der Waals surface area contributed by atoms with Crippen molar-refractivity contribution in [1.29, 1.82) is 0 Å². The number of pyridine rings is 1. The first kappa shape index (κ1) is 23.4. The molecule has 1 N–H and O–H groups in total. The first-order chi connectivity index (χ1) is 19.1. The largest absolute Gasteiger partial charge is 0.457 e. The van der Waals surface area contributed by atoms with E-state index >= 15 is 0 Å². The number of anilines is 2. The number of hydrogen-bond acceptors (Lipinski definition) is 7. The molecule has 1 aliphatic carbocycles. The number of rotatable bonds is 6. The minimum absolute atomic E-state index is 0.0393. The van der Waals surface area contributed by atoms with Crippen LogP contribution in [0.4, 0.5) is 11.5 Å². The van der Waals surface area contributed by atoms with E-state index in [2.05, 4.69) is 38.1 Å². The molecule has 5 aromatic rings. The molecule has 6 heterocycles. The van der Waals surface area contributed by atoms with E-state index in [1.807, 2.05) is 59.1 Å². The number of amides is 1. The molecule has 3 aliphatic rings. The van der Waals surface area contributed by atoms with Crippen molar-refractivity contribution in [2.75, 3.05) is 11.9 Å². The number of ether oxygens (including phenoxy) is 1. The highest BCUT2D eigenvalue weighted by Crippen LogP contribution is 2.47. The summed E-state index contributed by atoms with van der Waals surface area (Å²) in [6, 6.07) is 12.1. The van der Waals surface area contributed by atoms with Gasteiger partial charge in [0.05, 0.1) is 0 Å². The van der Waals surface area contributed by atoms with Gasteiger partial charge in [0, 0.05) is 36.7 Å². The monoisotopic (exact) mass is 520 g/mol. The van der Waals surface area contributed by atoms with E-state index in [-0.39, 0.29) is 11.9 Å². The standard InChI is InChI=1S/C29H28N8O2/c1-3-27(38)35-15-19-4-6-21(35)13-24(19)23-9-11-37-28(23)29(31-17-33-37)34-20-5-7-25(18(2)12-20)39-22-8-10-36-26(14-22)30-16-32-36/h3,5,7-12,14,16-17,19,21,24H,1,4,6,13,15H2,2H3,(H,31,33,34)/t19-,21-,24-/m1/s1. The molecule has 1 saturated carbocycles. The van der Waals surface area contributed by atoms with E-state index in [1.54, 1.807) is 10.8 Å². The van der Waals surface area contributed by atoms with Crippen molar-refractivity contribution in [2.45, 2.75) is 38.1 Å². The quantitative estimate of drug-likeness (QED) is 0.318. The number of nitrogens with one attached hydrogen (secondary N) is 1. The average molecular weight is 521 g/mol. The van der Waals surface area contributed by atoms with Gasteiger partial charge >= 0.3 is 0 Å². The predicted molar refractivity (Wildman–Crippen MR) is 146 cm³/mol. The van der Waals surface area contributed by atoms with Gasteiger partial charge in [-0.05, 0) is 85.6 Å². The summed E-state index contributed by atoms with van der Waals surface area (Å²) in [6.07, 6.45) is 11.5. The molecule has 3 fully saturated rings. The van der Waals surface area contributed by atoms with E-state index < -0.39 is 0 Å². The second-order valence-corrected chi connectivity index (χ2v) is 10.3. The average Bonchev–Trinajstić information content (AvgIpc) is 3.62. The Morgan fingerprint density at radius 3 is 2.74 bits per heavy atom. The smallest absolute Gasteiger partial charge is 0.246 e. The number of carbonyl (C=O) groups excluding carboxylic acids is 1. The van der Waals surface area contributed by atoms with E-state index in [0.29, 0.717) is 17.6 Å². The van der Waals surface area contributed by atoms with Crippen LogP contribution in [0.2, 0.25) is 0 Å². The molecule has 0 spiro atoms. The summed E-state index contributed by atoms with van der Waals surface area (Å²) in [6.45, 7) is 6.48. The Hall–Kier alpha value is -4.73. The van der Waals surface area contributed by atoms with Gasteiger partial charge in [0.15, 0.2) is 11.5 Å². The van der Waals surface area contributed by atoms with Gasteiger partial charge in [-0.1, -0.05) is 6.58 Å². The molecule has 196 valence electrons. The van der Waals surface area contributed by atoms with Crippen molar-refractivity contribution in [3.63, 3.8) is 0 Å². The van der Waals surface area contributed by atoms with Gasteiger partial charge in [-0.15, -0.1) is 0 Å². The van der Waals surface area contributed by atoms with Crippen LogP contribution >= 0.6 is 0 Å². The van der Waals surface area contributed by atoms with E-state index in [0.717, 1.165) is 59.8 Å². The summed E-state index contributed by atoms with van der Waals surface area (Å²) in [7, 11) is 0. The molecule has 2 bridgehead atoms. The van der Waals surface area contributed by atoms with Gasteiger partial charge in [0.25, 0.3) is 0 Å². The van der Waals surface area contributed by atoms with Gasteiger partial charge in [-0.2, -0.15) is 10.2 Å². The second-order valence-electron chi connectivity index (χ2n) is 10.3. The summed E-state index contributed by atoms with van der Waals surface area (Å²) >= 11 is 0. The molecule has 2 aliphatic heterocycles. The maximum absolute atomic E-state index is 12.4. The van der Waals surface area contributed by atoms with Crippen LogP contribution in [0.3, 0.4) is 0 Å². The number of hydrogen-bond donors (Lipinski definition) is 1. The van der Waals surface area contributed by atoms with Crippen molar-refractivity contribution in [2.24, 2.45) is 5.92 Å². The van der Waals surface area contributed by atoms with Crippen LogP contribution in [0.5, 0.6) is 11.5 Å². The van der Waals surface area contributed by atoms with Crippen LogP contribution in [-0.2, 0) is 4.79 Å². The Morgan fingerprint density at radius 2 is 1.92 bits per heavy atom. The first-order valence-corrected chi connectivity index (χ1v) is 13.2. The van der Waals surface area contributed by atoms with Crippen molar-refractivity contribution >= 4 is 28.6 Å². The lowest BCUT2D eigenvalue weighted by Gasteiger charge is -2.49. The highest BCUT2D eigenvalue weighted by molar-refractivity contribution is 5.87.